The molecule has 162 valence electrons. The second-order valence-electron chi connectivity index (χ2n) is 7.35. The summed E-state index contributed by atoms with van der Waals surface area (Å²) in [4.78, 5) is 47.6. The first-order chi connectivity index (χ1) is 15.4. The van der Waals surface area contributed by atoms with Gasteiger partial charge in [0.2, 0.25) is 5.91 Å². The Bertz CT molecular complexity index is 1350. The highest BCUT2D eigenvalue weighted by Gasteiger charge is 2.15. The number of rotatable bonds is 7. The van der Waals surface area contributed by atoms with Crippen LogP contribution in [0.5, 0.6) is 0 Å². The van der Waals surface area contributed by atoms with Crippen molar-refractivity contribution in [3.05, 3.63) is 82.4 Å². The zero-order valence-corrected chi connectivity index (χ0v) is 18.4. The Morgan fingerprint density at radius 3 is 2.66 bits per heavy atom. The Hall–Kier alpha value is -3.85. The van der Waals surface area contributed by atoms with E-state index in [2.05, 4.69) is 15.3 Å². The van der Waals surface area contributed by atoms with Gasteiger partial charge < -0.3 is 10.2 Å². The first-order valence-electron chi connectivity index (χ1n) is 9.92. The molecule has 1 amide bonds. The van der Waals surface area contributed by atoms with Crippen LogP contribution in [0.15, 0.2) is 65.7 Å². The van der Waals surface area contributed by atoms with Gasteiger partial charge >= 0.3 is 0 Å². The maximum atomic E-state index is 12.9. The van der Waals surface area contributed by atoms with Gasteiger partial charge in [0.25, 0.3) is 5.56 Å². The van der Waals surface area contributed by atoms with E-state index in [0.717, 1.165) is 5.56 Å². The zero-order valence-electron chi connectivity index (χ0n) is 17.6. The van der Waals surface area contributed by atoms with E-state index in [4.69, 9.17) is 0 Å². The molecule has 0 atom stereocenters. The number of ketones is 1. The fraction of sp³-hybridized carbons (Fsp3) is 0.174. The maximum absolute atomic E-state index is 12.9. The van der Waals surface area contributed by atoms with E-state index in [1.807, 2.05) is 42.3 Å². The summed E-state index contributed by atoms with van der Waals surface area (Å²) >= 11 is 1.25. The van der Waals surface area contributed by atoms with Gasteiger partial charge in [0.05, 0.1) is 0 Å². The number of Topliss-reactive ketones (excluding diaryl/α,β-unsaturated/α-hetero) is 1. The summed E-state index contributed by atoms with van der Waals surface area (Å²) in [6.07, 6.45) is 1.33. The second-order valence-corrected chi connectivity index (χ2v) is 8.33. The number of hydrogen-bond acceptors (Lipinski definition) is 7. The third-order valence-electron chi connectivity index (χ3n) is 4.83. The molecule has 2 heterocycles. The normalized spacial score (nSPS) is 10.8. The van der Waals surface area contributed by atoms with E-state index in [0.29, 0.717) is 33.3 Å². The molecule has 4 rings (SSSR count). The lowest BCUT2D eigenvalue weighted by Crippen LogP contribution is -2.27. The molecule has 0 bridgehead atoms. The number of nitrogens with zero attached hydrogens (tertiary/aromatic N) is 4. The van der Waals surface area contributed by atoms with Crippen LogP contribution in [0.25, 0.3) is 10.3 Å². The van der Waals surface area contributed by atoms with Crippen LogP contribution in [0.2, 0.25) is 0 Å². The third kappa shape index (κ3) is 4.73. The van der Waals surface area contributed by atoms with Crippen LogP contribution in [0.3, 0.4) is 0 Å². The molecule has 0 aliphatic heterocycles. The van der Waals surface area contributed by atoms with Crippen molar-refractivity contribution in [3.63, 3.8) is 0 Å². The lowest BCUT2D eigenvalue weighted by Gasteiger charge is -2.15. The van der Waals surface area contributed by atoms with Crippen LogP contribution >= 0.6 is 11.3 Å². The number of aromatic nitrogens is 3. The highest BCUT2D eigenvalue weighted by atomic mass is 32.1. The standard InChI is InChI=1S/C23H21N5O3S/c1-15(29)17-9-6-10-18(11-17)25-19(30)13-28-14-24-21-20(22(28)31)32-23(26-21)27(2)12-16-7-4-3-5-8-16/h3-11,14H,12-13H2,1-2H3,(H,25,30). The highest BCUT2D eigenvalue weighted by molar-refractivity contribution is 7.22. The Kier molecular flexibility index (Phi) is 6.09. The Balaban J connectivity index is 1.51. The first kappa shape index (κ1) is 21.4. The summed E-state index contributed by atoms with van der Waals surface area (Å²) in [5.74, 6) is -0.481. The lowest BCUT2D eigenvalue weighted by atomic mass is 10.1. The summed E-state index contributed by atoms with van der Waals surface area (Å²) in [5.41, 5.74) is 2.16. The Labute approximate surface area is 188 Å². The molecule has 0 saturated carbocycles. The Morgan fingerprint density at radius 2 is 1.91 bits per heavy atom. The highest BCUT2D eigenvalue weighted by Crippen LogP contribution is 2.25. The minimum Gasteiger partial charge on any atom is -0.347 e. The molecule has 4 aromatic rings. The number of nitrogens with one attached hydrogen (secondary N) is 1. The number of anilines is 2. The molecule has 0 aliphatic rings. The zero-order chi connectivity index (χ0) is 22.7. The number of benzene rings is 2. The third-order valence-corrected chi connectivity index (χ3v) is 5.98. The van der Waals surface area contributed by atoms with E-state index in [1.54, 1.807) is 24.3 Å². The van der Waals surface area contributed by atoms with E-state index in [9.17, 15) is 14.4 Å². The van der Waals surface area contributed by atoms with Gasteiger partial charge in [0.1, 0.15) is 17.6 Å². The quantitative estimate of drug-likeness (QED) is 0.437. The van der Waals surface area contributed by atoms with Crippen molar-refractivity contribution >= 4 is 44.2 Å². The van der Waals surface area contributed by atoms with Crippen molar-refractivity contribution in [1.29, 1.82) is 0 Å². The molecule has 2 aromatic carbocycles. The van der Waals surface area contributed by atoms with Gasteiger partial charge in [-0.3, -0.25) is 19.0 Å². The predicted octanol–water partition coefficient (Wildman–Crippen LogP) is 3.33. The number of carbonyl (C=O) groups excluding carboxylic acids is 2. The van der Waals surface area contributed by atoms with Crippen molar-refractivity contribution in [2.24, 2.45) is 0 Å². The molecule has 0 saturated heterocycles. The molecule has 0 radical (unpaired) electrons. The monoisotopic (exact) mass is 447 g/mol. The summed E-state index contributed by atoms with van der Waals surface area (Å²) in [6.45, 7) is 1.91. The fourth-order valence-electron chi connectivity index (χ4n) is 3.21. The maximum Gasteiger partial charge on any atom is 0.273 e. The van der Waals surface area contributed by atoms with Crippen LogP contribution in [0.4, 0.5) is 10.8 Å². The number of hydrogen-bond donors (Lipinski definition) is 1. The fourth-order valence-corrected chi connectivity index (χ4v) is 4.14. The molecule has 0 fully saturated rings. The average molecular weight is 448 g/mol. The van der Waals surface area contributed by atoms with Gasteiger partial charge in [-0.05, 0) is 24.6 Å². The van der Waals surface area contributed by atoms with Gasteiger partial charge in [-0.1, -0.05) is 53.8 Å². The summed E-state index contributed by atoms with van der Waals surface area (Å²) < 4.78 is 1.65. The van der Waals surface area contributed by atoms with Crippen LogP contribution in [0, 0.1) is 0 Å². The average Bonchev–Trinajstić information content (AvgIpc) is 3.22. The van der Waals surface area contributed by atoms with E-state index >= 15 is 0 Å². The van der Waals surface area contributed by atoms with Crippen molar-refractivity contribution < 1.29 is 9.59 Å². The van der Waals surface area contributed by atoms with E-state index < -0.39 is 0 Å². The largest absolute Gasteiger partial charge is 0.347 e. The molecular weight excluding hydrogens is 426 g/mol. The summed E-state index contributed by atoms with van der Waals surface area (Å²) in [6, 6.07) is 16.6. The molecule has 0 spiro atoms. The molecular formula is C23H21N5O3S. The molecule has 8 nitrogen and oxygen atoms in total. The number of fused-ring (bicyclic) bond motifs is 1. The second kappa shape index (κ2) is 9.11. The number of amides is 1. The van der Waals surface area contributed by atoms with Crippen LogP contribution < -0.4 is 15.8 Å². The Morgan fingerprint density at radius 1 is 1.12 bits per heavy atom. The van der Waals surface area contributed by atoms with Crippen molar-refractivity contribution in [3.8, 4) is 0 Å². The van der Waals surface area contributed by atoms with Crippen LogP contribution in [0.1, 0.15) is 22.8 Å². The van der Waals surface area contributed by atoms with Gasteiger partial charge in [-0.15, -0.1) is 0 Å². The first-order valence-corrected chi connectivity index (χ1v) is 10.7. The minimum absolute atomic E-state index is 0.0924. The number of thiazole rings is 1. The van der Waals surface area contributed by atoms with Gasteiger partial charge in [0, 0.05) is 24.8 Å². The SMILES string of the molecule is CC(=O)c1cccc(NC(=O)Cn2cnc3nc(N(C)Cc4ccccc4)sc3c2=O)c1. The van der Waals surface area contributed by atoms with Crippen LogP contribution in [-0.4, -0.2) is 33.3 Å². The van der Waals surface area contributed by atoms with Gasteiger partial charge in [-0.2, -0.15) is 4.98 Å². The molecule has 32 heavy (non-hydrogen) atoms. The van der Waals surface area contributed by atoms with E-state index in [-0.39, 0.29) is 23.8 Å². The molecule has 0 aliphatic carbocycles. The van der Waals surface area contributed by atoms with E-state index in [1.165, 1.54) is 29.2 Å². The topological polar surface area (TPSA) is 97.2 Å². The number of carbonyl (C=O) groups is 2. The van der Waals surface area contributed by atoms with Gasteiger partial charge in [-0.25, -0.2) is 4.98 Å². The summed E-state index contributed by atoms with van der Waals surface area (Å²) in [7, 11) is 1.91. The van der Waals surface area contributed by atoms with Crippen molar-refractivity contribution in [1.82, 2.24) is 14.5 Å². The van der Waals surface area contributed by atoms with Crippen molar-refractivity contribution in [2.45, 2.75) is 20.0 Å². The van der Waals surface area contributed by atoms with Crippen molar-refractivity contribution in [2.75, 3.05) is 17.3 Å². The lowest BCUT2D eigenvalue weighted by molar-refractivity contribution is -0.116. The molecule has 1 N–H and O–H groups in total. The molecule has 2 aromatic heterocycles. The van der Waals surface area contributed by atoms with Gasteiger partial charge in [0.15, 0.2) is 16.6 Å². The molecule has 0 unspecified atom stereocenters. The molecule has 9 heteroatoms. The minimum atomic E-state index is -0.389. The van der Waals surface area contributed by atoms with Crippen LogP contribution in [-0.2, 0) is 17.9 Å². The smallest absolute Gasteiger partial charge is 0.273 e. The predicted molar refractivity (Wildman–Crippen MR) is 125 cm³/mol. The summed E-state index contributed by atoms with van der Waals surface area (Å²) in [5, 5.41) is 3.39.